The maximum Gasteiger partial charge on any atom is 0.522 e. The van der Waals surface area contributed by atoms with Gasteiger partial charge in [0, 0.05) is 47.8 Å². The summed E-state index contributed by atoms with van der Waals surface area (Å²) in [6, 6.07) is 43.2. The zero-order valence-corrected chi connectivity index (χ0v) is 40.0. The van der Waals surface area contributed by atoms with Gasteiger partial charge in [0.2, 0.25) is 0 Å². The molecule has 3 N–H and O–H groups in total. The number of cyclic esters (lactones) is 1. The van der Waals surface area contributed by atoms with Gasteiger partial charge in [0.15, 0.2) is 5.60 Å². The van der Waals surface area contributed by atoms with Gasteiger partial charge in [-0.05, 0) is 41.0 Å². The van der Waals surface area contributed by atoms with Gasteiger partial charge in [0.25, 0.3) is 0 Å². The first-order chi connectivity index (χ1) is 33.4. The molecule has 72 heavy (non-hydrogen) atoms. The number of nitrogens with zero attached hydrogens (tertiary/aromatic N) is 2. The first kappa shape index (κ1) is 60.3. The Morgan fingerprint density at radius 3 is 1.50 bits per heavy atom. The molecule has 2 fully saturated rings. The largest absolute Gasteiger partial charge is 0.522 e. The van der Waals surface area contributed by atoms with Crippen molar-refractivity contribution in [2.45, 2.75) is 16.6 Å². The number of morpholine rings is 2. The molecule has 393 valence electrons. The summed E-state index contributed by atoms with van der Waals surface area (Å²) in [5, 5.41) is 10.8. The van der Waals surface area contributed by atoms with Crippen LogP contribution in [0.5, 0.6) is 0 Å². The van der Waals surface area contributed by atoms with Gasteiger partial charge in [0.1, 0.15) is 0 Å². The Bertz CT molecular complexity index is 2740. The van der Waals surface area contributed by atoms with Gasteiger partial charge in [-0.15, -0.1) is 5.06 Å². The first-order valence-corrected chi connectivity index (χ1v) is 23.7. The number of hydrogen-bond acceptors (Lipinski definition) is 13. The zero-order valence-electron chi connectivity index (χ0n) is 37.5. The van der Waals surface area contributed by atoms with Crippen LogP contribution < -0.4 is 0 Å². The van der Waals surface area contributed by atoms with Crippen LogP contribution in [0.2, 0.25) is 0 Å². The number of halogens is 6. The van der Waals surface area contributed by atoms with Crippen LogP contribution in [-0.2, 0) is 62.0 Å². The molecule has 0 spiro atoms. The molecule has 2 saturated heterocycles. The fourth-order valence-corrected chi connectivity index (χ4v) is 6.60. The van der Waals surface area contributed by atoms with E-state index in [1.807, 2.05) is 109 Å². The van der Waals surface area contributed by atoms with Crippen LogP contribution in [0, 0.1) is 0 Å². The number of rotatable bonds is 8. The van der Waals surface area contributed by atoms with E-state index in [4.69, 9.17) is 50.1 Å². The molecular weight excluding hydrogens is 1060 g/mol. The van der Waals surface area contributed by atoms with E-state index in [-0.39, 0.29) is 34.6 Å². The number of fused-ring (bicyclic) bond motifs is 1. The third-order valence-electron chi connectivity index (χ3n) is 10.0. The summed E-state index contributed by atoms with van der Waals surface area (Å²) >= 11 is 0. The Morgan fingerprint density at radius 1 is 0.625 bits per heavy atom. The van der Waals surface area contributed by atoms with Crippen molar-refractivity contribution < 1.29 is 108 Å². The van der Waals surface area contributed by atoms with Gasteiger partial charge >= 0.3 is 49.2 Å². The number of carbonyl (C=O) groups excluding carboxylic acids is 2. The van der Waals surface area contributed by atoms with Crippen molar-refractivity contribution in [3.05, 3.63) is 185 Å². The van der Waals surface area contributed by atoms with Gasteiger partial charge < -0.3 is 24.2 Å². The summed E-state index contributed by atoms with van der Waals surface area (Å²) in [6.45, 7) is 10.3. The topological polar surface area (TPSA) is 224 Å². The molecule has 3 heterocycles. The summed E-state index contributed by atoms with van der Waals surface area (Å²) in [4.78, 5) is 42.7. The Labute approximate surface area is 420 Å². The molecule has 16 nitrogen and oxygen atoms in total. The second-order valence-corrected chi connectivity index (χ2v) is 17.7. The summed E-state index contributed by atoms with van der Waals surface area (Å²) in [5.41, 5.74) is -5.98. The van der Waals surface area contributed by atoms with Crippen LogP contribution in [0.15, 0.2) is 146 Å². The Morgan fingerprint density at radius 2 is 1.03 bits per heavy atom. The molecule has 5 aromatic carbocycles. The molecule has 5 aromatic rings. The SMILES string of the molecule is C=C(c1ccccc1)c1ccccc1C(=O)O.O=C(ON1CCOCC1)c1ccccc1.O=C1OC(CN2CCOCC2)(c2ccccc2)c2ccccc21.O=S(=O)(O)C(F)(F)F.O=S(=O)(O)C(F)(F)F.[Cu]. The number of carboxylic acids is 1. The third kappa shape index (κ3) is 17.6. The molecule has 0 saturated carbocycles. The van der Waals surface area contributed by atoms with Crippen LogP contribution in [0.25, 0.3) is 5.57 Å². The van der Waals surface area contributed by atoms with Crippen LogP contribution in [0.3, 0.4) is 0 Å². The van der Waals surface area contributed by atoms with Crippen LogP contribution >= 0.6 is 0 Å². The van der Waals surface area contributed by atoms with E-state index in [1.54, 1.807) is 35.4 Å². The molecule has 1 atom stereocenters. The number of aromatic carboxylic acids is 1. The van der Waals surface area contributed by atoms with Gasteiger partial charge in [-0.2, -0.15) is 43.2 Å². The van der Waals surface area contributed by atoms with Crippen molar-refractivity contribution in [3.63, 3.8) is 0 Å². The van der Waals surface area contributed by atoms with Crippen molar-refractivity contribution in [3.8, 4) is 0 Å². The molecule has 8 rings (SSSR count). The van der Waals surface area contributed by atoms with E-state index in [2.05, 4.69) is 11.5 Å². The van der Waals surface area contributed by atoms with Gasteiger partial charge in [-0.25, -0.2) is 14.4 Å². The molecule has 0 bridgehead atoms. The molecule has 0 aliphatic carbocycles. The van der Waals surface area contributed by atoms with Gasteiger partial charge in [-0.3, -0.25) is 14.0 Å². The summed E-state index contributed by atoms with van der Waals surface area (Å²) in [7, 11) is -11.7. The average Bonchev–Trinajstić information content (AvgIpc) is 3.63. The Kier molecular flexibility index (Phi) is 22.8. The van der Waals surface area contributed by atoms with Crippen molar-refractivity contribution in [2.24, 2.45) is 0 Å². The predicted molar refractivity (Wildman–Crippen MR) is 244 cm³/mol. The number of hydroxylamine groups is 2. The summed E-state index contributed by atoms with van der Waals surface area (Å²) in [5.74, 6) is -1.48. The number of carbonyl (C=O) groups is 3. The number of benzene rings is 5. The normalized spacial score (nSPS) is 16.8. The molecule has 1 radical (unpaired) electrons. The standard InChI is InChI=1S/C19H19NO3.C15H12O2.C11H13NO3.2CHF3O3S.Cu/c21-18-16-8-4-5-9-17(16)19(23-18,15-6-2-1-3-7-15)14-20-10-12-22-13-11-20;1-11(12-7-3-2-4-8-12)13-9-5-6-10-14(13)15(16)17;13-11(10-4-2-1-3-5-10)15-12-6-8-14-9-7-12;2*2-1(3,4)8(5,6)7;/h1-9H,10-14H2;2-10H,1H2,(H,16,17);1-5H,6-9H2;2*(H,5,6,7);. The third-order valence-corrected chi connectivity index (χ3v) is 11.2. The second kappa shape index (κ2) is 27.2. The molecule has 3 aliphatic rings. The molecule has 25 heteroatoms. The van der Waals surface area contributed by atoms with Crippen molar-refractivity contribution >= 4 is 43.7 Å². The van der Waals surface area contributed by atoms with Gasteiger partial charge in [0.05, 0.1) is 56.2 Å². The molecule has 0 aromatic heterocycles. The van der Waals surface area contributed by atoms with E-state index in [1.165, 1.54) is 0 Å². The maximum absolute atomic E-state index is 12.4. The number of esters is 1. The van der Waals surface area contributed by atoms with E-state index in [0.29, 0.717) is 49.5 Å². The number of alkyl halides is 6. The fourth-order valence-electron chi connectivity index (χ4n) is 6.60. The smallest absolute Gasteiger partial charge is 0.478 e. The van der Waals surface area contributed by atoms with E-state index in [9.17, 15) is 40.7 Å². The minimum atomic E-state index is -5.84. The number of ether oxygens (including phenoxy) is 3. The van der Waals surface area contributed by atoms with Crippen LogP contribution in [0.1, 0.15) is 53.3 Å². The molecule has 1 unspecified atom stereocenters. The zero-order chi connectivity index (χ0) is 52.5. The monoisotopic (exact) mass is 1100 g/mol. The van der Waals surface area contributed by atoms with E-state index >= 15 is 0 Å². The molecule has 0 amide bonds. The van der Waals surface area contributed by atoms with Gasteiger partial charge in [-0.1, -0.05) is 122 Å². The summed E-state index contributed by atoms with van der Waals surface area (Å²) in [6.07, 6.45) is 0. The molecular formula is C47H46CuF6N2O14S2. The van der Waals surface area contributed by atoms with Crippen LogP contribution in [0.4, 0.5) is 26.3 Å². The first-order valence-electron chi connectivity index (χ1n) is 20.8. The summed E-state index contributed by atoms with van der Waals surface area (Å²) < 4.78 is 132. The Balaban J connectivity index is 0.000000251. The second-order valence-electron chi connectivity index (χ2n) is 14.8. The van der Waals surface area contributed by atoms with Crippen LogP contribution in [-0.4, -0.2) is 129 Å². The number of carboxylic acid groups (broad SMARTS) is 1. The maximum atomic E-state index is 12.4. The van der Waals surface area contributed by atoms with Crippen molar-refractivity contribution in [1.29, 1.82) is 0 Å². The van der Waals surface area contributed by atoms with E-state index in [0.717, 1.165) is 48.6 Å². The Hall–Kier alpha value is -5.99. The minimum absolute atomic E-state index is 0. The van der Waals surface area contributed by atoms with E-state index < -0.39 is 42.8 Å². The number of hydrogen-bond donors (Lipinski definition) is 3. The van der Waals surface area contributed by atoms with Crippen molar-refractivity contribution in [2.75, 3.05) is 59.2 Å². The predicted octanol–water partition coefficient (Wildman–Crippen LogP) is 7.76. The molecule has 3 aliphatic heterocycles. The minimum Gasteiger partial charge on any atom is -0.478 e. The van der Waals surface area contributed by atoms with Crippen molar-refractivity contribution in [1.82, 2.24) is 9.96 Å². The fraction of sp³-hybridized carbons (Fsp3) is 0.255. The quantitative estimate of drug-likeness (QED) is 0.0444. The average molecular weight is 1100 g/mol.